The van der Waals surface area contributed by atoms with Crippen LogP contribution < -0.4 is 10.6 Å². The van der Waals surface area contributed by atoms with E-state index in [1.807, 2.05) is 74.5 Å². The van der Waals surface area contributed by atoms with Gasteiger partial charge in [-0.2, -0.15) is 0 Å². The summed E-state index contributed by atoms with van der Waals surface area (Å²) in [5.74, 6) is -1.17. The number of carbonyl (C=O) groups is 4. The Morgan fingerprint density at radius 1 is 0.871 bits per heavy atom. The zero-order valence-corrected chi connectivity index (χ0v) is 17.7. The van der Waals surface area contributed by atoms with Gasteiger partial charge in [0.25, 0.3) is 0 Å². The van der Waals surface area contributed by atoms with Gasteiger partial charge in [0.2, 0.25) is 11.7 Å². The van der Waals surface area contributed by atoms with Crippen LogP contribution in [0.5, 0.6) is 0 Å². The Morgan fingerprint density at radius 3 is 2.00 bits per heavy atom. The van der Waals surface area contributed by atoms with Gasteiger partial charge >= 0.3 is 6.09 Å². The highest BCUT2D eigenvalue weighted by Gasteiger charge is 2.27. The molecule has 0 aliphatic heterocycles. The molecule has 0 unspecified atom stereocenters. The van der Waals surface area contributed by atoms with Gasteiger partial charge in [0.15, 0.2) is 6.29 Å². The number of nitrogens with one attached hydrogen (secondary N) is 2. The number of aldehydes is 1. The second-order valence-electron chi connectivity index (χ2n) is 7.66. The molecule has 0 aliphatic carbocycles. The van der Waals surface area contributed by atoms with E-state index in [0.717, 1.165) is 11.1 Å². The lowest BCUT2D eigenvalue weighted by molar-refractivity contribution is -0.134. The summed E-state index contributed by atoms with van der Waals surface area (Å²) >= 11 is 0. The molecule has 7 heteroatoms. The highest BCUT2D eigenvalue weighted by atomic mass is 16.5. The first-order chi connectivity index (χ1) is 14.9. The minimum absolute atomic E-state index is 0.0615. The van der Waals surface area contributed by atoms with Crippen LogP contribution in [0.2, 0.25) is 0 Å². The van der Waals surface area contributed by atoms with Crippen molar-refractivity contribution < 1.29 is 23.9 Å². The summed E-state index contributed by atoms with van der Waals surface area (Å²) in [7, 11) is 0. The third-order valence-electron chi connectivity index (χ3n) is 4.59. The number of hydrogen-bond donors (Lipinski definition) is 2. The highest BCUT2D eigenvalue weighted by Crippen LogP contribution is 2.09. The molecule has 0 aliphatic rings. The van der Waals surface area contributed by atoms with Crippen molar-refractivity contribution in [3.8, 4) is 0 Å². The standard InChI is InChI=1S/C24H28N2O5/c1-17(2)13-20(22(28)15-27)25-23(29)21(14-18-9-5-3-6-10-18)26-24(30)31-16-19-11-7-4-8-12-19/h3-12,15,17,20-21H,13-14,16H2,1-2H3,(H,25,29)(H,26,30)/t20-,21-/m0/s1. The van der Waals surface area contributed by atoms with Crippen LogP contribution in [0.15, 0.2) is 60.7 Å². The fourth-order valence-electron chi connectivity index (χ4n) is 3.04. The van der Waals surface area contributed by atoms with Crippen molar-refractivity contribution >= 4 is 24.1 Å². The van der Waals surface area contributed by atoms with Crippen molar-refractivity contribution in [3.63, 3.8) is 0 Å². The quantitative estimate of drug-likeness (QED) is 0.427. The Hall–Kier alpha value is -3.48. The van der Waals surface area contributed by atoms with Gasteiger partial charge in [-0.1, -0.05) is 74.5 Å². The van der Waals surface area contributed by atoms with Crippen LogP contribution in [-0.2, 0) is 32.1 Å². The van der Waals surface area contributed by atoms with Crippen molar-refractivity contribution in [1.82, 2.24) is 10.6 Å². The van der Waals surface area contributed by atoms with E-state index in [9.17, 15) is 19.2 Å². The first-order valence-electron chi connectivity index (χ1n) is 10.2. The molecule has 2 aromatic carbocycles. The van der Waals surface area contributed by atoms with E-state index in [4.69, 9.17) is 4.74 Å². The van der Waals surface area contributed by atoms with Crippen LogP contribution in [0, 0.1) is 5.92 Å². The van der Waals surface area contributed by atoms with Gasteiger partial charge in [-0.15, -0.1) is 0 Å². The molecule has 0 heterocycles. The van der Waals surface area contributed by atoms with E-state index in [0.29, 0.717) is 6.42 Å². The molecule has 2 atom stereocenters. The Labute approximate surface area is 182 Å². The number of carbonyl (C=O) groups excluding carboxylic acids is 4. The maximum absolute atomic E-state index is 12.9. The topological polar surface area (TPSA) is 102 Å². The summed E-state index contributed by atoms with van der Waals surface area (Å²) < 4.78 is 5.23. The van der Waals surface area contributed by atoms with Crippen molar-refractivity contribution in [3.05, 3.63) is 71.8 Å². The van der Waals surface area contributed by atoms with E-state index >= 15 is 0 Å². The minimum atomic E-state index is -0.972. The zero-order valence-electron chi connectivity index (χ0n) is 17.7. The maximum atomic E-state index is 12.9. The predicted octanol–water partition coefficient (Wildman–Crippen LogP) is 2.82. The second-order valence-corrected chi connectivity index (χ2v) is 7.66. The van der Waals surface area contributed by atoms with Crippen LogP contribution in [0.25, 0.3) is 0 Å². The lowest BCUT2D eigenvalue weighted by Gasteiger charge is -2.23. The average molecular weight is 424 g/mol. The van der Waals surface area contributed by atoms with Gasteiger partial charge in [-0.3, -0.25) is 14.4 Å². The molecule has 0 bridgehead atoms. The van der Waals surface area contributed by atoms with Crippen molar-refractivity contribution in [2.45, 2.75) is 45.4 Å². The molecular weight excluding hydrogens is 396 g/mol. The lowest BCUT2D eigenvalue weighted by atomic mass is 9.99. The molecule has 164 valence electrons. The Kier molecular flexibility index (Phi) is 9.42. The number of rotatable bonds is 11. The Bertz CT molecular complexity index is 868. The van der Waals surface area contributed by atoms with Crippen LogP contribution in [0.1, 0.15) is 31.4 Å². The van der Waals surface area contributed by atoms with Crippen molar-refractivity contribution in [1.29, 1.82) is 0 Å². The first kappa shape index (κ1) is 23.8. The van der Waals surface area contributed by atoms with Gasteiger partial charge < -0.3 is 15.4 Å². The van der Waals surface area contributed by atoms with Crippen molar-refractivity contribution in [2.75, 3.05) is 0 Å². The molecule has 2 N–H and O–H groups in total. The fraction of sp³-hybridized carbons (Fsp3) is 0.333. The summed E-state index contributed by atoms with van der Waals surface area (Å²) in [4.78, 5) is 48.2. The number of alkyl carbamates (subject to hydrolysis) is 1. The second kappa shape index (κ2) is 12.3. The summed E-state index contributed by atoms with van der Waals surface area (Å²) in [6, 6.07) is 16.4. The summed E-state index contributed by atoms with van der Waals surface area (Å²) in [6.07, 6.45) is -0.0143. The number of ketones is 1. The lowest BCUT2D eigenvalue weighted by Crippen LogP contribution is -2.53. The van der Waals surface area contributed by atoms with Crippen LogP contribution in [-0.4, -0.2) is 36.2 Å². The summed E-state index contributed by atoms with van der Waals surface area (Å²) in [5, 5.41) is 5.19. The Balaban J connectivity index is 2.08. The van der Waals surface area contributed by atoms with E-state index in [2.05, 4.69) is 10.6 Å². The SMILES string of the molecule is CC(C)C[C@H](NC(=O)[C@H](Cc1ccccc1)NC(=O)OCc1ccccc1)C(=O)C=O. The third kappa shape index (κ3) is 8.42. The largest absolute Gasteiger partial charge is 0.445 e. The third-order valence-corrected chi connectivity index (χ3v) is 4.59. The molecule has 0 fully saturated rings. The fourth-order valence-corrected chi connectivity index (χ4v) is 3.04. The number of hydrogen-bond acceptors (Lipinski definition) is 5. The molecular formula is C24H28N2O5. The highest BCUT2D eigenvalue weighted by molar-refractivity contribution is 6.28. The molecule has 2 amide bonds. The summed E-state index contributed by atoms with van der Waals surface area (Å²) in [5.41, 5.74) is 1.64. The minimum Gasteiger partial charge on any atom is -0.445 e. The van der Waals surface area contributed by atoms with E-state index in [1.54, 1.807) is 0 Å². The number of amides is 2. The number of ether oxygens (including phenoxy) is 1. The van der Waals surface area contributed by atoms with Gasteiger partial charge in [0.05, 0.1) is 6.04 Å². The first-order valence-corrected chi connectivity index (χ1v) is 10.2. The molecule has 0 aromatic heterocycles. The van der Waals surface area contributed by atoms with Gasteiger partial charge in [0, 0.05) is 6.42 Å². The van der Waals surface area contributed by atoms with E-state index in [1.165, 1.54) is 0 Å². The maximum Gasteiger partial charge on any atom is 0.408 e. The van der Waals surface area contributed by atoms with Crippen LogP contribution >= 0.6 is 0 Å². The van der Waals surface area contributed by atoms with E-state index in [-0.39, 0.29) is 25.2 Å². The molecule has 7 nitrogen and oxygen atoms in total. The zero-order chi connectivity index (χ0) is 22.6. The molecule has 2 rings (SSSR count). The molecule has 0 spiro atoms. The van der Waals surface area contributed by atoms with Crippen LogP contribution in [0.4, 0.5) is 4.79 Å². The molecule has 31 heavy (non-hydrogen) atoms. The smallest absolute Gasteiger partial charge is 0.408 e. The predicted molar refractivity (Wildman–Crippen MR) is 116 cm³/mol. The number of benzene rings is 2. The van der Waals surface area contributed by atoms with E-state index < -0.39 is 29.9 Å². The monoisotopic (exact) mass is 424 g/mol. The van der Waals surface area contributed by atoms with Crippen LogP contribution in [0.3, 0.4) is 0 Å². The number of Topliss-reactive ketones (excluding diaryl/α,β-unsaturated/α-hetero) is 1. The van der Waals surface area contributed by atoms with Gasteiger partial charge in [-0.25, -0.2) is 4.79 Å². The molecule has 0 saturated carbocycles. The Morgan fingerprint density at radius 2 is 1.45 bits per heavy atom. The molecule has 0 radical (unpaired) electrons. The average Bonchev–Trinajstić information content (AvgIpc) is 2.77. The summed E-state index contributed by atoms with van der Waals surface area (Å²) in [6.45, 7) is 3.84. The van der Waals surface area contributed by atoms with Gasteiger partial charge in [0.1, 0.15) is 12.6 Å². The molecule has 2 aromatic rings. The van der Waals surface area contributed by atoms with Gasteiger partial charge in [-0.05, 0) is 23.5 Å². The molecule has 0 saturated heterocycles. The normalized spacial score (nSPS) is 12.5. The van der Waals surface area contributed by atoms with Crippen molar-refractivity contribution in [2.24, 2.45) is 5.92 Å².